The highest BCUT2D eigenvalue weighted by Gasteiger charge is 2.24. The van der Waals surface area contributed by atoms with Gasteiger partial charge in [0, 0.05) is 13.0 Å². The third kappa shape index (κ3) is 6.54. The number of ether oxygens (including phenoxy) is 1. The monoisotopic (exact) mass is 274 g/mol. The fraction of sp³-hybridized carbons (Fsp3) is 0.750. The van der Waals surface area contributed by atoms with Crippen LogP contribution in [0.1, 0.15) is 33.6 Å². The molecule has 0 aromatic carbocycles. The molecule has 1 atom stereocenters. The predicted octanol–water partition coefficient (Wildman–Crippen LogP) is 1.00. The Morgan fingerprint density at radius 2 is 2.00 bits per heavy atom. The highest BCUT2D eigenvalue weighted by molar-refractivity contribution is 7.80. The van der Waals surface area contributed by atoms with E-state index >= 15 is 0 Å². The van der Waals surface area contributed by atoms with Gasteiger partial charge in [-0.05, 0) is 19.3 Å². The van der Waals surface area contributed by atoms with E-state index in [0.717, 1.165) is 0 Å². The fourth-order valence-corrected chi connectivity index (χ4v) is 1.93. The first-order valence-corrected chi connectivity index (χ1v) is 6.53. The van der Waals surface area contributed by atoms with E-state index in [1.165, 1.54) is 0 Å². The molecule has 5 nitrogen and oxygen atoms in total. The summed E-state index contributed by atoms with van der Waals surface area (Å²) in [6.07, 6.45) is 0.847. The van der Waals surface area contributed by atoms with Gasteiger partial charge in [-0.2, -0.15) is 0 Å². The summed E-state index contributed by atoms with van der Waals surface area (Å²) in [5.41, 5.74) is 5.53. The number of thiocarbonyl (C=S) groups is 1. The zero-order valence-electron chi connectivity index (χ0n) is 11.2. The van der Waals surface area contributed by atoms with Crippen molar-refractivity contribution in [3.63, 3.8) is 0 Å². The Labute approximate surface area is 113 Å². The van der Waals surface area contributed by atoms with Gasteiger partial charge in [-0.3, -0.25) is 9.59 Å². The van der Waals surface area contributed by atoms with Crippen molar-refractivity contribution < 1.29 is 14.3 Å². The standard InChI is InChI=1S/C12H22N2O3S/c1-4-17-9(15)6-5-7-14-12(16)10(8(2)3)11(13)18/h8,10H,4-7H2,1-3H3,(H2,13,18)(H,14,16). The lowest BCUT2D eigenvalue weighted by molar-refractivity contribution is -0.143. The van der Waals surface area contributed by atoms with Crippen molar-refractivity contribution in [3.8, 4) is 0 Å². The van der Waals surface area contributed by atoms with Crippen molar-refractivity contribution in [1.29, 1.82) is 0 Å². The highest BCUT2D eigenvalue weighted by Crippen LogP contribution is 2.11. The Hall–Kier alpha value is -1.17. The van der Waals surface area contributed by atoms with Crippen LogP contribution in [0.4, 0.5) is 0 Å². The Balaban J connectivity index is 3.95. The van der Waals surface area contributed by atoms with E-state index in [0.29, 0.717) is 26.0 Å². The first-order valence-electron chi connectivity index (χ1n) is 6.12. The van der Waals surface area contributed by atoms with E-state index in [1.54, 1.807) is 6.92 Å². The minimum absolute atomic E-state index is 0.0626. The van der Waals surface area contributed by atoms with Gasteiger partial charge in [-0.1, -0.05) is 26.1 Å². The SMILES string of the molecule is CCOC(=O)CCCNC(=O)C(C(N)=S)C(C)C. The molecule has 104 valence electrons. The molecule has 0 rings (SSSR count). The Bertz CT molecular complexity index is 306. The fourth-order valence-electron chi connectivity index (χ4n) is 1.55. The van der Waals surface area contributed by atoms with Gasteiger partial charge in [0.25, 0.3) is 0 Å². The number of amides is 1. The van der Waals surface area contributed by atoms with Crippen LogP contribution in [0, 0.1) is 11.8 Å². The second-order valence-electron chi connectivity index (χ2n) is 4.32. The van der Waals surface area contributed by atoms with Gasteiger partial charge in [-0.15, -0.1) is 0 Å². The van der Waals surface area contributed by atoms with Gasteiger partial charge < -0.3 is 15.8 Å². The number of nitrogens with one attached hydrogen (secondary N) is 1. The number of carbonyl (C=O) groups excluding carboxylic acids is 2. The second-order valence-corrected chi connectivity index (χ2v) is 4.80. The third-order valence-electron chi connectivity index (χ3n) is 2.42. The minimum Gasteiger partial charge on any atom is -0.466 e. The Morgan fingerprint density at radius 1 is 1.39 bits per heavy atom. The molecule has 0 radical (unpaired) electrons. The maximum Gasteiger partial charge on any atom is 0.305 e. The molecule has 0 saturated carbocycles. The number of esters is 1. The van der Waals surface area contributed by atoms with E-state index in [-0.39, 0.29) is 22.8 Å². The molecule has 0 fully saturated rings. The molecule has 0 aliphatic carbocycles. The normalized spacial score (nSPS) is 12.0. The largest absolute Gasteiger partial charge is 0.466 e. The van der Waals surface area contributed by atoms with Crippen LogP contribution in [0.3, 0.4) is 0 Å². The van der Waals surface area contributed by atoms with Crippen LogP contribution < -0.4 is 11.1 Å². The first kappa shape index (κ1) is 16.8. The molecule has 0 spiro atoms. The summed E-state index contributed by atoms with van der Waals surface area (Å²) in [6.45, 7) is 6.34. The molecule has 1 unspecified atom stereocenters. The maximum absolute atomic E-state index is 11.8. The van der Waals surface area contributed by atoms with Crippen molar-refractivity contribution in [1.82, 2.24) is 5.32 Å². The molecule has 0 heterocycles. The van der Waals surface area contributed by atoms with Gasteiger partial charge >= 0.3 is 5.97 Å². The lowest BCUT2D eigenvalue weighted by Crippen LogP contribution is -2.41. The van der Waals surface area contributed by atoms with Crippen LogP contribution in [0.2, 0.25) is 0 Å². The van der Waals surface area contributed by atoms with Crippen molar-refractivity contribution in [2.75, 3.05) is 13.2 Å². The number of nitrogens with two attached hydrogens (primary N) is 1. The zero-order valence-corrected chi connectivity index (χ0v) is 12.0. The van der Waals surface area contributed by atoms with E-state index < -0.39 is 5.92 Å². The van der Waals surface area contributed by atoms with Crippen molar-refractivity contribution in [3.05, 3.63) is 0 Å². The summed E-state index contributed by atoms with van der Waals surface area (Å²) in [6, 6.07) is 0. The Kier molecular flexibility index (Phi) is 8.28. The molecule has 3 N–H and O–H groups in total. The smallest absolute Gasteiger partial charge is 0.305 e. The molecule has 0 aliphatic heterocycles. The molecule has 0 aliphatic rings. The van der Waals surface area contributed by atoms with Crippen LogP contribution >= 0.6 is 12.2 Å². The lowest BCUT2D eigenvalue weighted by atomic mass is 9.95. The number of rotatable bonds is 8. The summed E-state index contributed by atoms with van der Waals surface area (Å²) in [5, 5.41) is 2.73. The lowest BCUT2D eigenvalue weighted by Gasteiger charge is -2.18. The molecule has 0 saturated heterocycles. The number of hydrogen-bond donors (Lipinski definition) is 2. The molecule has 0 bridgehead atoms. The summed E-state index contributed by atoms with van der Waals surface area (Å²) in [5.74, 6) is -0.821. The van der Waals surface area contributed by atoms with Crippen LogP contribution in [0.25, 0.3) is 0 Å². The number of hydrogen-bond acceptors (Lipinski definition) is 4. The van der Waals surface area contributed by atoms with Gasteiger partial charge in [0.1, 0.15) is 0 Å². The molecule has 0 aromatic heterocycles. The first-order chi connectivity index (χ1) is 8.40. The van der Waals surface area contributed by atoms with Crippen molar-refractivity contribution >= 4 is 29.1 Å². The van der Waals surface area contributed by atoms with Gasteiger partial charge in [-0.25, -0.2) is 0 Å². The molecule has 6 heteroatoms. The summed E-state index contributed by atoms with van der Waals surface area (Å²) in [4.78, 5) is 23.1. The van der Waals surface area contributed by atoms with Crippen LogP contribution in [-0.4, -0.2) is 30.0 Å². The summed E-state index contributed by atoms with van der Waals surface area (Å²) in [7, 11) is 0. The molecule has 0 aromatic rings. The van der Waals surface area contributed by atoms with Crippen LogP contribution in [-0.2, 0) is 14.3 Å². The zero-order chi connectivity index (χ0) is 14.1. The van der Waals surface area contributed by atoms with Crippen LogP contribution in [0.5, 0.6) is 0 Å². The quantitative estimate of drug-likeness (QED) is 0.392. The topological polar surface area (TPSA) is 81.4 Å². The average molecular weight is 274 g/mol. The minimum atomic E-state index is -0.456. The van der Waals surface area contributed by atoms with Crippen LogP contribution in [0.15, 0.2) is 0 Å². The van der Waals surface area contributed by atoms with Gasteiger partial charge in [0.15, 0.2) is 0 Å². The van der Waals surface area contributed by atoms with E-state index in [1.807, 2.05) is 13.8 Å². The molecule has 1 amide bonds. The Morgan fingerprint density at radius 3 is 2.44 bits per heavy atom. The second kappa shape index (κ2) is 8.85. The van der Waals surface area contributed by atoms with E-state index in [4.69, 9.17) is 22.7 Å². The predicted molar refractivity (Wildman–Crippen MR) is 74.0 cm³/mol. The average Bonchev–Trinajstić information content (AvgIpc) is 2.23. The van der Waals surface area contributed by atoms with E-state index in [2.05, 4.69) is 5.32 Å². The number of carbonyl (C=O) groups is 2. The van der Waals surface area contributed by atoms with Gasteiger partial charge in [0.05, 0.1) is 17.5 Å². The van der Waals surface area contributed by atoms with Crippen molar-refractivity contribution in [2.45, 2.75) is 33.6 Å². The molecular weight excluding hydrogens is 252 g/mol. The van der Waals surface area contributed by atoms with E-state index in [9.17, 15) is 9.59 Å². The van der Waals surface area contributed by atoms with Crippen molar-refractivity contribution in [2.24, 2.45) is 17.6 Å². The molecule has 18 heavy (non-hydrogen) atoms. The summed E-state index contributed by atoms with van der Waals surface area (Å²) < 4.78 is 4.78. The van der Waals surface area contributed by atoms with Gasteiger partial charge in [0.2, 0.25) is 5.91 Å². The third-order valence-corrected chi connectivity index (χ3v) is 2.67. The summed E-state index contributed by atoms with van der Waals surface area (Å²) >= 11 is 4.87. The highest BCUT2D eigenvalue weighted by atomic mass is 32.1. The maximum atomic E-state index is 11.8. The molecular formula is C12H22N2O3S.